The van der Waals surface area contributed by atoms with Crippen molar-refractivity contribution < 1.29 is 0 Å². The second-order valence-electron chi connectivity index (χ2n) is 4.71. The summed E-state index contributed by atoms with van der Waals surface area (Å²) < 4.78 is 3.09. The first kappa shape index (κ1) is 15.5. The van der Waals surface area contributed by atoms with Gasteiger partial charge in [-0.05, 0) is 40.9 Å². The number of rotatable bonds is 5. The van der Waals surface area contributed by atoms with Gasteiger partial charge < -0.3 is 5.73 Å². The lowest BCUT2D eigenvalue weighted by molar-refractivity contribution is 0.584. The molecule has 3 nitrogen and oxygen atoms in total. The number of halogens is 2. The van der Waals surface area contributed by atoms with Crippen LogP contribution in [0.1, 0.15) is 36.8 Å². The van der Waals surface area contributed by atoms with Crippen LogP contribution in [0.5, 0.6) is 0 Å². The van der Waals surface area contributed by atoms with Gasteiger partial charge in [0.1, 0.15) is 0 Å². The first-order chi connectivity index (χ1) is 9.58. The summed E-state index contributed by atoms with van der Waals surface area (Å²) in [6.07, 6.45) is 1.62. The molecular formula is C15H19BrClN3. The van der Waals surface area contributed by atoms with Gasteiger partial charge in [0.15, 0.2) is 0 Å². The Morgan fingerprint density at radius 1 is 1.35 bits per heavy atom. The Labute approximate surface area is 133 Å². The molecule has 0 bridgehead atoms. The molecule has 0 saturated carbocycles. The van der Waals surface area contributed by atoms with Gasteiger partial charge in [-0.1, -0.05) is 36.7 Å². The van der Waals surface area contributed by atoms with Gasteiger partial charge in [-0.3, -0.25) is 4.68 Å². The molecule has 1 atom stereocenters. The maximum atomic E-state index is 6.32. The summed E-state index contributed by atoms with van der Waals surface area (Å²) in [6, 6.07) is 7.60. The molecule has 1 unspecified atom stereocenters. The largest absolute Gasteiger partial charge is 0.324 e. The summed E-state index contributed by atoms with van der Waals surface area (Å²) in [7, 11) is 0. The Bertz CT molecular complexity index is 595. The van der Waals surface area contributed by atoms with Crippen molar-refractivity contribution in [2.75, 3.05) is 0 Å². The van der Waals surface area contributed by atoms with Crippen molar-refractivity contribution in [3.63, 3.8) is 0 Å². The van der Waals surface area contributed by atoms with Gasteiger partial charge >= 0.3 is 0 Å². The smallest absolute Gasteiger partial charge is 0.0766 e. The van der Waals surface area contributed by atoms with Crippen molar-refractivity contribution in [2.24, 2.45) is 5.73 Å². The molecular weight excluding hydrogens is 338 g/mol. The Balaban J connectivity index is 2.30. The molecule has 0 aliphatic rings. The van der Waals surface area contributed by atoms with Crippen molar-refractivity contribution >= 4 is 27.5 Å². The first-order valence-electron chi connectivity index (χ1n) is 6.82. The minimum absolute atomic E-state index is 0.133. The van der Waals surface area contributed by atoms with Gasteiger partial charge in [-0.15, -0.1) is 0 Å². The molecule has 5 heteroatoms. The summed E-state index contributed by atoms with van der Waals surface area (Å²) in [5.41, 5.74) is 9.51. The lowest BCUT2D eigenvalue weighted by atomic mass is 10.0. The molecule has 2 rings (SSSR count). The molecule has 0 aliphatic carbocycles. The zero-order chi connectivity index (χ0) is 14.7. The summed E-state index contributed by atoms with van der Waals surface area (Å²) in [5.74, 6) is 0. The van der Waals surface area contributed by atoms with E-state index < -0.39 is 0 Å². The summed E-state index contributed by atoms with van der Waals surface area (Å²) in [6.45, 7) is 5.03. The number of nitrogens with two attached hydrogens (primary N) is 1. The number of aryl methyl sites for hydroxylation is 2. The van der Waals surface area contributed by atoms with Crippen LogP contribution >= 0.6 is 27.5 Å². The van der Waals surface area contributed by atoms with Crippen molar-refractivity contribution in [2.45, 2.75) is 39.3 Å². The second kappa shape index (κ2) is 6.74. The predicted octanol–water partition coefficient (Wildman–Crippen LogP) is 4.12. The zero-order valence-corrected chi connectivity index (χ0v) is 14.1. The fourth-order valence-corrected chi connectivity index (χ4v) is 3.31. The second-order valence-corrected chi connectivity index (χ2v) is 5.91. The number of hydrogen-bond donors (Lipinski definition) is 1. The number of aromatic nitrogens is 2. The minimum Gasteiger partial charge on any atom is -0.324 e. The van der Waals surface area contributed by atoms with E-state index in [1.165, 1.54) is 0 Å². The molecule has 0 amide bonds. The van der Waals surface area contributed by atoms with Gasteiger partial charge in [-0.25, -0.2) is 0 Å². The topological polar surface area (TPSA) is 43.8 Å². The molecule has 0 radical (unpaired) electrons. The Hall–Kier alpha value is -0.840. The van der Waals surface area contributed by atoms with Crippen LogP contribution in [0, 0.1) is 0 Å². The van der Waals surface area contributed by atoms with E-state index in [0.717, 1.165) is 39.4 Å². The van der Waals surface area contributed by atoms with E-state index in [2.05, 4.69) is 34.9 Å². The van der Waals surface area contributed by atoms with Crippen molar-refractivity contribution in [3.05, 3.63) is 50.7 Å². The first-order valence-corrected chi connectivity index (χ1v) is 7.99. The molecule has 1 aromatic heterocycles. The fraction of sp³-hybridized carbons (Fsp3) is 0.400. The highest BCUT2D eigenvalue weighted by atomic mass is 79.9. The van der Waals surface area contributed by atoms with Crippen LogP contribution in [0.15, 0.2) is 28.7 Å². The molecule has 0 aliphatic heterocycles. The van der Waals surface area contributed by atoms with Crippen molar-refractivity contribution in [1.29, 1.82) is 0 Å². The van der Waals surface area contributed by atoms with Crippen molar-refractivity contribution in [3.8, 4) is 0 Å². The van der Waals surface area contributed by atoms with E-state index in [1.54, 1.807) is 0 Å². The average molecular weight is 357 g/mol. The number of nitrogens with zero attached hydrogens (tertiary/aromatic N) is 2. The number of benzene rings is 1. The molecule has 20 heavy (non-hydrogen) atoms. The summed E-state index contributed by atoms with van der Waals surface area (Å²) in [5, 5.41) is 5.31. The van der Waals surface area contributed by atoms with Gasteiger partial charge in [0.2, 0.25) is 0 Å². The molecule has 1 heterocycles. The van der Waals surface area contributed by atoms with E-state index in [1.807, 2.05) is 28.9 Å². The molecule has 2 N–H and O–H groups in total. The van der Waals surface area contributed by atoms with Gasteiger partial charge in [-0.2, -0.15) is 5.10 Å². The normalized spacial score (nSPS) is 12.7. The van der Waals surface area contributed by atoms with Crippen LogP contribution in [-0.4, -0.2) is 9.78 Å². The van der Waals surface area contributed by atoms with E-state index in [4.69, 9.17) is 17.3 Å². The van der Waals surface area contributed by atoms with Gasteiger partial charge in [0.25, 0.3) is 0 Å². The Morgan fingerprint density at radius 2 is 2.05 bits per heavy atom. The minimum atomic E-state index is -0.133. The molecule has 0 saturated heterocycles. The number of hydrogen-bond acceptors (Lipinski definition) is 2. The van der Waals surface area contributed by atoms with E-state index >= 15 is 0 Å². The standard InChI is InChI=1S/C15H19BrClN3/c1-3-13-15(16)14(20(4-2)19-13)9-12(18)10-7-5-6-8-11(10)17/h5-8,12H,3-4,9,18H2,1-2H3. The highest BCUT2D eigenvalue weighted by Gasteiger charge is 2.18. The third-order valence-corrected chi connectivity index (χ3v) is 4.67. The third kappa shape index (κ3) is 3.08. The van der Waals surface area contributed by atoms with E-state index in [-0.39, 0.29) is 6.04 Å². The zero-order valence-electron chi connectivity index (χ0n) is 11.7. The monoisotopic (exact) mass is 355 g/mol. The highest BCUT2D eigenvalue weighted by molar-refractivity contribution is 9.10. The molecule has 108 valence electrons. The van der Waals surface area contributed by atoms with Crippen LogP contribution in [0.25, 0.3) is 0 Å². The molecule has 2 aromatic rings. The predicted molar refractivity (Wildman–Crippen MR) is 87.1 cm³/mol. The van der Waals surface area contributed by atoms with Crippen LogP contribution in [-0.2, 0) is 19.4 Å². The quantitative estimate of drug-likeness (QED) is 0.875. The van der Waals surface area contributed by atoms with Gasteiger partial charge in [0.05, 0.1) is 15.9 Å². The van der Waals surface area contributed by atoms with E-state index in [0.29, 0.717) is 6.42 Å². The highest BCUT2D eigenvalue weighted by Crippen LogP contribution is 2.28. The lowest BCUT2D eigenvalue weighted by Crippen LogP contribution is -2.16. The van der Waals surface area contributed by atoms with Crippen LogP contribution in [0.4, 0.5) is 0 Å². The Morgan fingerprint density at radius 3 is 2.65 bits per heavy atom. The Kier molecular flexibility index (Phi) is 5.24. The van der Waals surface area contributed by atoms with Crippen LogP contribution in [0.3, 0.4) is 0 Å². The van der Waals surface area contributed by atoms with Gasteiger partial charge in [0, 0.05) is 24.0 Å². The molecule has 0 spiro atoms. The summed E-state index contributed by atoms with van der Waals surface area (Å²) in [4.78, 5) is 0. The van der Waals surface area contributed by atoms with Crippen LogP contribution in [0.2, 0.25) is 5.02 Å². The maximum absolute atomic E-state index is 6.32. The molecule has 0 fully saturated rings. The fourth-order valence-electron chi connectivity index (χ4n) is 2.31. The maximum Gasteiger partial charge on any atom is 0.0766 e. The lowest BCUT2D eigenvalue weighted by Gasteiger charge is -2.15. The van der Waals surface area contributed by atoms with Crippen LogP contribution < -0.4 is 5.73 Å². The summed E-state index contributed by atoms with van der Waals surface area (Å²) >= 11 is 9.87. The SMILES string of the molecule is CCc1nn(CC)c(CC(N)c2ccccc2Cl)c1Br. The van der Waals surface area contributed by atoms with E-state index in [9.17, 15) is 0 Å². The van der Waals surface area contributed by atoms with Crippen molar-refractivity contribution in [1.82, 2.24) is 9.78 Å². The average Bonchev–Trinajstić information content (AvgIpc) is 2.75. The third-order valence-electron chi connectivity index (χ3n) is 3.41. The molecule has 1 aromatic carbocycles.